The van der Waals surface area contributed by atoms with Crippen LogP contribution in [0.25, 0.3) is 0 Å². The fraction of sp³-hybridized carbons (Fsp3) is 0.706. The van der Waals surface area contributed by atoms with E-state index >= 15 is 0 Å². The Bertz CT molecular complexity index is 592. The zero-order valence-corrected chi connectivity index (χ0v) is 14.3. The molecular weight excluding hydrogens is 292 g/mol. The molecule has 1 spiro atoms. The molecule has 2 aliphatic rings. The molecule has 0 saturated carbocycles. The van der Waals surface area contributed by atoms with Gasteiger partial charge in [-0.1, -0.05) is 0 Å². The van der Waals surface area contributed by atoms with Crippen molar-refractivity contribution in [2.24, 2.45) is 5.41 Å². The van der Waals surface area contributed by atoms with E-state index in [1.165, 1.54) is 0 Å². The quantitative estimate of drug-likeness (QED) is 0.843. The lowest BCUT2D eigenvalue weighted by molar-refractivity contribution is -0.145. The Morgan fingerprint density at radius 2 is 2.13 bits per heavy atom. The number of hydrogen-bond donors (Lipinski definition) is 0. The minimum atomic E-state index is -0.246. The van der Waals surface area contributed by atoms with E-state index in [0.29, 0.717) is 19.1 Å². The van der Waals surface area contributed by atoms with Crippen LogP contribution in [0.5, 0.6) is 0 Å². The zero-order valence-electron chi connectivity index (χ0n) is 14.3. The molecule has 1 aromatic heterocycles. The standard InChI is InChI=1S/C17H26N4O2/c1-13-11-18-14(2)15(19-13)21-8-6-17(12-21)5-4-7-20(16(17)22)9-10-23-3/h11H,4-10,12H2,1-3H3/t17-/m1/s1. The van der Waals surface area contributed by atoms with Crippen molar-refractivity contribution in [2.45, 2.75) is 33.1 Å². The van der Waals surface area contributed by atoms with Gasteiger partial charge in [-0.05, 0) is 33.1 Å². The highest BCUT2D eigenvalue weighted by molar-refractivity contribution is 5.85. The summed E-state index contributed by atoms with van der Waals surface area (Å²) in [6, 6.07) is 0. The fourth-order valence-corrected chi connectivity index (χ4v) is 3.82. The van der Waals surface area contributed by atoms with Crippen LogP contribution >= 0.6 is 0 Å². The molecular formula is C17H26N4O2. The predicted molar refractivity (Wildman–Crippen MR) is 88.5 cm³/mol. The van der Waals surface area contributed by atoms with E-state index in [2.05, 4.69) is 14.9 Å². The number of carbonyl (C=O) groups excluding carboxylic acids is 1. The van der Waals surface area contributed by atoms with Crippen molar-refractivity contribution in [1.82, 2.24) is 14.9 Å². The van der Waals surface area contributed by atoms with Crippen LogP contribution in [-0.2, 0) is 9.53 Å². The first-order valence-electron chi connectivity index (χ1n) is 8.39. The van der Waals surface area contributed by atoms with Crippen LogP contribution in [0.4, 0.5) is 5.82 Å². The summed E-state index contributed by atoms with van der Waals surface area (Å²) in [7, 11) is 1.68. The molecule has 0 aromatic carbocycles. The van der Waals surface area contributed by atoms with E-state index in [1.807, 2.05) is 18.7 Å². The van der Waals surface area contributed by atoms with Gasteiger partial charge in [-0.15, -0.1) is 0 Å². The summed E-state index contributed by atoms with van der Waals surface area (Å²) in [6.45, 7) is 7.74. The van der Waals surface area contributed by atoms with E-state index in [4.69, 9.17) is 4.74 Å². The molecule has 6 nitrogen and oxygen atoms in total. The topological polar surface area (TPSA) is 58.6 Å². The maximum Gasteiger partial charge on any atom is 0.230 e. The second-order valence-corrected chi connectivity index (χ2v) is 6.76. The highest BCUT2D eigenvalue weighted by Gasteiger charge is 2.48. The number of hydrogen-bond acceptors (Lipinski definition) is 5. The molecule has 3 heterocycles. The number of aryl methyl sites for hydroxylation is 2. The van der Waals surface area contributed by atoms with Gasteiger partial charge in [-0.3, -0.25) is 9.78 Å². The van der Waals surface area contributed by atoms with Gasteiger partial charge >= 0.3 is 0 Å². The summed E-state index contributed by atoms with van der Waals surface area (Å²) in [5, 5.41) is 0. The third kappa shape index (κ3) is 3.04. The van der Waals surface area contributed by atoms with Crippen LogP contribution in [0.1, 0.15) is 30.7 Å². The average molecular weight is 318 g/mol. The molecule has 1 amide bonds. The Morgan fingerprint density at radius 3 is 2.91 bits per heavy atom. The average Bonchev–Trinajstić information content (AvgIpc) is 2.96. The first kappa shape index (κ1) is 16.2. The largest absolute Gasteiger partial charge is 0.383 e. The molecule has 0 N–H and O–H groups in total. The second-order valence-electron chi connectivity index (χ2n) is 6.76. The van der Waals surface area contributed by atoms with Gasteiger partial charge in [0.1, 0.15) is 5.82 Å². The van der Waals surface area contributed by atoms with Gasteiger partial charge in [0.05, 0.1) is 23.4 Å². The first-order valence-corrected chi connectivity index (χ1v) is 8.39. The normalized spacial score (nSPS) is 24.7. The van der Waals surface area contributed by atoms with Gasteiger partial charge in [0.15, 0.2) is 0 Å². The maximum absolute atomic E-state index is 13.0. The Kier molecular flexibility index (Phi) is 4.53. The molecule has 2 fully saturated rings. The molecule has 6 heteroatoms. The SMILES string of the molecule is COCCN1CCC[C@]2(CCN(c3nc(C)cnc3C)C2)C1=O. The van der Waals surface area contributed by atoms with Gasteiger partial charge in [-0.2, -0.15) is 0 Å². The summed E-state index contributed by atoms with van der Waals surface area (Å²) in [5.74, 6) is 1.23. The first-order chi connectivity index (χ1) is 11.1. The predicted octanol–water partition coefficient (Wildman–Crippen LogP) is 1.56. The molecule has 23 heavy (non-hydrogen) atoms. The number of amides is 1. The third-order valence-electron chi connectivity index (χ3n) is 5.09. The molecule has 126 valence electrons. The van der Waals surface area contributed by atoms with E-state index in [-0.39, 0.29) is 5.41 Å². The maximum atomic E-state index is 13.0. The molecule has 2 saturated heterocycles. The number of nitrogens with zero attached hydrogens (tertiary/aromatic N) is 4. The highest BCUT2D eigenvalue weighted by atomic mass is 16.5. The molecule has 0 aliphatic carbocycles. The fourth-order valence-electron chi connectivity index (χ4n) is 3.82. The highest BCUT2D eigenvalue weighted by Crippen LogP contribution is 2.41. The van der Waals surface area contributed by atoms with Gasteiger partial charge in [0, 0.05) is 39.5 Å². The Hall–Kier alpha value is -1.69. The van der Waals surface area contributed by atoms with E-state index in [9.17, 15) is 4.79 Å². The number of rotatable bonds is 4. The Morgan fingerprint density at radius 1 is 1.30 bits per heavy atom. The summed E-state index contributed by atoms with van der Waals surface area (Å²) in [4.78, 5) is 26.3. The number of anilines is 1. The second kappa shape index (κ2) is 6.43. The molecule has 0 bridgehead atoms. The van der Waals surface area contributed by atoms with Gasteiger partial charge < -0.3 is 14.5 Å². The molecule has 0 unspecified atom stereocenters. The zero-order chi connectivity index (χ0) is 16.4. The van der Waals surface area contributed by atoms with Gasteiger partial charge in [0.2, 0.25) is 5.91 Å². The van der Waals surface area contributed by atoms with Crippen molar-refractivity contribution in [3.8, 4) is 0 Å². The molecule has 1 atom stereocenters. The van der Waals surface area contributed by atoms with Crippen LogP contribution in [0, 0.1) is 19.3 Å². The van der Waals surface area contributed by atoms with Crippen LogP contribution in [-0.4, -0.2) is 60.7 Å². The number of carbonyl (C=O) groups is 1. The molecule has 3 rings (SSSR count). The smallest absolute Gasteiger partial charge is 0.230 e. The van der Waals surface area contributed by atoms with Crippen molar-refractivity contribution < 1.29 is 9.53 Å². The molecule has 2 aliphatic heterocycles. The monoisotopic (exact) mass is 318 g/mol. The molecule has 1 aromatic rings. The molecule has 0 radical (unpaired) electrons. The van der Waals surface area contributed by atoms with Gasteiger partial charge in [0.25, 0.3) is 0 Å². The third-order valence-corrected chi connectivity index (χ3v) is 5.09. The minimum absolute atomic E-state index is 0.246. The van der Waals surface area contributed by atoms with Crippen molar-refractivity contribution >= 4 is 11.7 Å². The van der Waals surface area contributed by atoms with Crippen molar-refractivity contribution in [1.29, 1.82) is 0 Å². The lowest BCUT2D eigenvalue weighted by Crippen LogP contribution is -2.51. The van der Waals surface area contributed by atoms with Crippen molar-refractivity contribution in [2.75, 3.05) is 44.8 Å². The number of likely N-dealkylation sites (tertiary alicyclic amines) is 1. The van der Waals surface area contributed by atoms with Gasteiger partial charge in [-0.25, -0.2) is 4.98 Å². The van der Waals surface area contributed by atoms with Crippen LogP contribution in [0.3, 0.4) is 0 Å². The van der Waals surface area contributed by atoms with E-state index in [0.717, 1.165) is 56.1 Å². The number of methoxy groups -OCH3 is 1. The number of piperidine rings is 1. The van der Waals surface area contributed by atoms with Crippen molar-refractivity contribution in [3.05, 3.63) is 17.6 Å². The van der Waals surface area contributed by atoms with Crippen molar-refractivity contribution in [3.63, 3.8) is 0 Å². The summed E-state index contributed by atoms with van der Waals surface area (Å²) in [6.07, 6.45) is 4.75. The lowest BCUT2D eigenvalue weighted by atomic mass is 9.78. The van der Waals surface area contributed by atoms with E-state index < -0.39 is 0 Å². The Labute approximate surface area is 137 Å². The van der Waals surface area contributed by atoms with E-state index in [1.54, 1.807) is 13.3 Å². The Balaban J connectivity index is 1.77. The van der Waals surface area contributed by atoms with Crippen LogP contribution < -0.4 is 4.90 Å². The summed E-state index contributed by atoms with van der Waals surface area (Å²) >= 11 is 0. The lowest BCUT2D eigenvalue weighted by Gasteiger charge is -2.39. The minimum Gasteiger partial charge on any atom is -0.383 e. The summed E-state index contributed by atoms with van der Waals surface area (Å²) in [5.41, 5.74) is 1.61. The number of aromatic nitrogens is 2. The van der Waals surface area contributed by atoms with Crippen LogP contribution in [0.15, 0.2) is 6.20 Å². The number of ether oxygens (including phenoxy) is 1. The van der Waals surface area contributed by atoms with Crippen LogP contribution in [0.2, 0.25) is 0 Å². The summed E-state index contributed by atoms with van der Waals surface area (Å²) < 4.78 is 5.14.